The highest BCUT2D eigenvalue weighted by molar-refractivity contribution is 7.80. The lowest BCUT2D eigenvalue weighted by Gasteiger charge is -2.26. The molecule has 1 unspecified atom stereocenters. The number of hydrogen-bond acceptors (Lipinski definition) is 4. The summed E-state index contributed by atoms with van der Waals surface area (Å²) in [5, 5.41) is 9.88. The Bertz CT molecular complexity index is 159. The van der Waals surface area contributed by atoms with Gasteiger partial charge in [0.2, 0.25) is 0 Å². The zero-order valence-corrected chi connectivity index (χ0v) is 8.24. The van der Waals surface area contributed by atoms with Gasteiger partial charge in [-0.1, -0.05) is 18.6 Å². The minimum absolute atomic E-state index is 0.430. The molecular formula is C8H15N3S. The second-order valence-corrected chi connectivity index (χ2v) is 3.24. The molecule has 4 heteroatoms. The van der Waals surface area contributed by atoms with Crippen LogP contribution in [0.1, 0.15) is 19.8 Å². The highest BCUT2D eigenvalue weighted by atomic mass is 32.1. The van der Waals surface area contributed by atoms with Gasteiger partial charge in [0.25, 0.3) is 0 Å². The van der Waals surface area contributed by atoms with Crippen molar-refractivity contribution >= 4 is 12.6 Å². The summed E-state index contributed by atoms with van der Waals surface area (Å²) in [6.07, 6.45) is 6.19. The molecule has 1 aliphatic heterocycles. The van der Waals surface area contributed by atoms with Gasteiger partial charge in [-0.15, -0.1) is 5.11 Å². The van der Waals surface area contributed by atoms with Crippen molar-refractivity contribution in [3.05, 3.63) is 12.3 Å². The van der Waals surface area contributed by atoms with E-state index < -0.39 is 0 Å². The third kappa shape index (κ3) is 2.52. The molecule has 0 amide bonds. The molecule has 0 spiro atoms. The van der Waals surface area contributed by atoms with Crippen LogP contribution in [0.5, 0.6) is 0 Å². The van der Waals surface area contributed by atoms with E-state index in [-0.39, 0.29) is 0 Å². The van der Waals surface area contributed by atoms with E-state index >= 15 is 0 Å². The highest BCUT2D eigenvalue weighted by Gasteiger charge is 2.14. The SMILES string of the molecule is CCCC1C=CN=NN1CCS. The summed E-state index contributed by atoms with van der Waals surface area (Å²) in [5.41, 5.74) is 0. The predicted octanol–water partition coefficient (Wildman–Crippen LogP) is 2.28. The van der Waals surface area contributed by atoms with Crippen molar-refractivity contribution in [3.8, 4) is 0 Å². The van der Waals surface area contributed by atoms with Gasteiger partial charge in [-0.2, -0.15) is 12.6 Å². The molecule has 0 bridgehead atoms. The van der Waals surface area contributed by atoms with Crippen LogP contribution in [0, 0.1) is 0 Å². The molecule has 1 heterocycles. The van der Waals surface area contributed by atoms with E-state index in [0.29, 0.717) is 6.04 Å². The molecule has 0 aliphatic carbocycles. The minimum atomic E-state index is 0.430. The third-order valence-electron chi connectivity index (χ3n) is 1.84. The molecule has 0 fully saturated rings. The van der Waals surface area contributed by atoms with E-state index in [2.05, 4.69) is 36.0 Å². The van der Waals surface area contributed by atoms with E-state index in [4.69, 9.17) is 0 Å². The van der Waals surface area contributed by atoms with Gasteiger partial charge in [-0.25, -0.2) is 0 Å². The Morgan fingerprint density at radius 1 is 1.58 bits per heavy atom. The topological polar surface area (TPSA) is 28.0 Å². The standard InChI is InChI=1S/C8H15N3S/c1-2-3-8-4-5-9-10-11(8)6-7-12/h4-5,8,12H,2-3,6-7H2,1H3. The predicted molar refractivity (Wildman–Crippen MR) is 53.3 cm³/mol. The van der Waals surface area contributed by atoms with Crippen LogP contribution in [0.3, 0.4) is 0 Å². The fourth-order valence-corrected chi connectivity index (χ4v) is 1.46. The first-order chi connectivity index (χ1) is 5.88. The first kappa shape index (κ1) is 9.58. The normalized spacial score (nSPS) is 21.8. The Balaban J connectivity index is 2.45. The van der Waals surface area contributed by atoms with Crippen molar-refractivity contribution in [1.29, 1.82) is 0 Å². The fourth-order valence-electron chi connectivity index (χ4n) is 1.25. The van der Waals surface area contributed by atoms with Crippen molar-refractivity contribution in [2.75, 3.05) is 12.3 Å². The molecule has 0 saturated carbocycles. The lowest BCUT2D eigenvalue weighted by Crippen LogP contribution is -2.31. The molecule has 0 aromatic heterocycles. The van der Waals surface area contributed by atoms with Crippen molar-refractivity contribution < 1.29 is 0 Å². The lowest BCUT2D eigenvalue weighted by atomic mass is 10.1. The number of thiol groups is 1. The molecular weight excluding hydrogens is 170 g/mol. The monoisotopic (exact) mass is 185 g/mol. The quantitative estimate of drug-likeness (QED) is 0.669. The van der Waals surface area contributed by atoms with Crippen LogP contribution in [-0.2, 0) is 0 Å². The molecule has 0 aromatic carbocycles. The van der Waals surface area contributed by atoms with Crippen LogP contribution in [0.15, 0.2) is 22.6 Å². The lowest BCUT2D eigenvalue weighted by molar-refractivity contribution is 0.219. The average Bonchev–Trinajstić information content (AvgIpc) is 2.09. The Labute approximate surface area is 78.9 Å². The molecule has 12 heavy (non-hydrogen) atoms. The molecule has 0 saturated heterocycles. The van der Waals surface area contributed by atoms with Gasteiger partial charge in [0, 0.05) is 18.5 Å². The van der Waals surface area contributed by atoms with E-state index in [1.165, 1.54) is 6.42 Å². The Morgan fingerprint density at radius 3 is 3.08 bits per heavy atom. The van der Waals surface area contributed by atoms with Gasteiger partial charge < -0.3 is 0 Å². The zero-order chi connectivity index (χ0) is 8.81. The minimum Gasteiger partial charge on any atom is -0.271 e. The molecule has 1 rings (SSSR count). The van der Waals surface area contributed by atoms with Crippen molar-refractivity contribution in [3.63, 3.8) is 0 Å². The molecule has 0 N–H and O–H groups in total. The van der Waals surface area contributed by atoms with E-state index in [9.17, 15) is 0 Å². The average molecular weight is 185 g/mol. The van der Waals surface area contributed by atoms with Crippen LogP contribution in [0.2, 0.25) is 0 Å². The van der Waals surface area contributed by atoms with Crippen molar-refractivity contribution in [1.82, 2.24) is 5.01 Å². The van der Waals surface area contributed by atoms with Gasteiger partial charge in [0.15, 0.2) is 0 Å². The fraction of sp³-hybridized carbons (Fsp3) is 0.750. The first-order valence-electron chi connectivity index (χ1n) is 4.33. The van der Waals surface area contributed by atoms with Crippen LogP contribution < -0.4 is 0 Å². The van der Waals surface area contributed by atoms with E-state index in [1.54, 1.807) is 6.20 Å². The number of nitrogens with zero attached hydrogens (tertiary/aromatic N) is 3. The largest absolute Gasteiger partial charge is 0.271 e. The maximum Gasteiger partial charge on any atom is 0.0686 e. The second kappa shape index (κ2) is 5.19. The van der Waals surface area contributed by atoms with Crippen LogP contribution in [-0.4, -0.2) is 23.3 Å². The number of rotatable bonds is 4. The second-order valence-electron chi connectivity index (χ2n) is 2.79. The molecule has 68 valence electrons. The third-order valence-corrected chi connectivity index (χ3v) is 2.04. The summed E-state index contributed by atoms with van der Waals surface area (Å²) in [6.45, 7) is 3.06. The Kier molecular flexibility index (Phi) is 4.14. The summed E-state index contributed by atoms with van der Waals surface area (Å²) in [5.74, 6) is 0.826. The zero-order valence-electron chi connectivity index (χ0n) is 7.35. The summed E-state index contributed by atoms with van der Waals surface area (Å²) in [6, 6.07) is 0.430. The van der Waals surface area contributed by atoms with Gasteiger partial charge in [-0.05, 0) is 12.5 Å². The van der Waals surface area contributed by atoms with Crippen LogP contribution in [0.25, 0.3) is 0 Å². The smallest absolute Gasteiger partial charge is 0.0686 e. The van der Waals surface area contributed by atoms with Gasteiger partial charge in [0.05, 0.1) is 6.04 Å². The summed E-state index contributed by atoms with van der Waals surface area (Å²) in [7, 11) is 0. The number of hydrogen-bond donors (Lipinski definition) is 1. The van der Waals surface area contributed by atoms with Gasteiger partial charge >= 0.3 is 0 Å². The van der Waals surface area contributed by atoms with E-state index in [1.807, 2.05) is 5.01 Å². The maximum atomic E-state index is 4.17. The van der Waals surface area contributed by atoms with Gasteiger partial charge in [-0.3, -0.25) is 5.01 Å². The molecule has 0 aromatic rings. The summed E-state index contributed by atoms with van der Waals surface area (Å²) in [4.78, 5) is 0. The Hall–Kier alpha value is -0.510. The van der Waals surface area contributed by atoms with Crippen LogP contribution in [0.4, 0.5) is 0 Å². The first-order valence-corrected chi connectivity index (χ1v) is 4.96. The summed E-state index contributed by atoms with van der Waals surface area (Å²) < 4.78 is 0. The summed E-state index contributed by atoms with van der Waals surface area (Å²) >= 11 is 4.17. The molecule has 1 aliphatic rings. The molecule has 3 nitrogen and oxygen atoms in total. The van der Waals surface area contributed by atoms with Crippen LogP contribution >= 0.6 is 12.6 Å². The van der Waals surface area contributed by atoms with Crippen molar-refractivity contribution in [2.24, 2.45) is 10.3 Å². The van der Waals surface area contributed by atoms with E-state index in [0.717, 1.165) is 18.7 Å². The highest BCUT2D eigenvalue weighted by Crippen LogP contribution is 2.13. The molecule has 0 radical (unpaired) electrons. The Morgan fingerprint density at radius 2 is 2.42 bits per heavy atom. The van der Waals surface area contributed by atoms with Crippen molar-refractivity contribution in [2.45, 2.75) is 25.8 Å². The maximum absolute atomic E-state index is 4.17. The molecule has 1 atom stereocenters. The van der Waals surface area contributed by atoms with Gasteiger partial charge in [0.1, 0.15) is 0 Å².